The van der Waals surface area contributed by atoms with Crippen LogP contribution in [0.5, 0.6) is 0 Å². The minimum Gasteiger partial charge on any atom is -0.395 e. The molecule has 108 valence electrons. The molecule has 0 aromatic carbocycles. The van der Waals surface area contributed by atoms with Gasteiger partial charge >= 0.3 is 0 Å². The molecular formula is C14H26N4O. The third-order valence-electron chi connectivity index (χ3n) is 3.19. The highest BCUT2D eigenvalue weighted by Gasteiger charge is 2.16. The maximum Gasteiger partial charge on any atom is 0.224 e. The molecule has 0 aliphatic rings. The quantitative estimate of drug-likeness (QED) is 0.718. The average Bonchev–Trinajstić information content (AvgIpc) is 2.45. The number of aliphatic hydroxyl groups excluding tert-OH is 1. The highest BCUT2D eigenvalue weighted by Crippen LogP contribution is 2.18. The van der Waals surface area contributed by atoms with E-state index in [4.69, 9.17) is 0 Å². The number of nitrogens with zero attached hydrogens (tertiary/aromatic N) is 3. The van der Waals surface area contributed by atoms with Gasteiger partial charge < -0.3 is 15.3 Å². The molecular weight excluding hydrogens is 240 g/mol. The van der Waals surface area contributed by atoms with E-state index in [9.17, 15) is 5.11 Å². The first kappa shape index (κ1) is 15.7. The molecule has 1 heterocycles. The Bertz CT molecular complexity index is 355. The summed E-state index contributed by atoms with van der Waals surface area (Å²) in [5, 5.41) is 12.4. The number of hydrogen-bond acceptors (Lipinski definition) is 5. The molecule has 5 heteroatoms. The van der Waals surface area contributed by atoms with E-state index < -0.39 is 0 Å². The van der Waals surface area contributed by atoms with E-state index >= 15 is 0 Å². The number of rotatable bonds is 9. The summed E-state index contributed by atoms with van der Waals surface area (Å²) >= 11 is 0. The topological polar surface area (TPSA) is 61.3 Å². The van der Waals surface area contributed by atoms with E-state index in [-0.39, 0.29) is 6.61 Å². The zero-order valence-electron chi connectivity index (χ0n) is 12.3. The molecule has 0 unspecified atom stereocenters. The Morgan fingerprint density at radius 2 is 2.05 bits per heavy atom. The van der Waals surface area contributed by atoms with Gasteiger partial charge in [0.15, 0.2) is 0 Å². The second-order valence-corrected chi connectivity index (χ2v) is 4.55. The van der Waals surface area contributed by atoms with Gasteiger partial charge in [0.2, 0.25) is 5.95 Å². The smallest absolute Gasteiger partial charge is 0.224 e. The molecule has 1 rings (SSSR count). The van der Waals surface area contributed by atoms with Gasteiger partial charge in [0.25, 0.3) is 0 Å². The van der Waals surface area contributed by atoms with Crippen molar-refractivity contribution in [2.75, 3.05) is 29.9 Å². The Morgan fingerprint density at radius 3 is 2.63 bits per heavy atom. The predicted molar refractivity (Wildman–Crippen MR) is 79.6 cm³/mol. The summed E-state index contributed by atoms with van der Waals surface area (Å²) < 4.78 is 0. The van der Waals surface area contributed by atoms with E-state index in [0.717, 1.165) is 31.6 Å². The zero-order chi connectivity index (χ0) is 14.1. The molecule has 0 atom stereocenters. The lowest BCUT2D eigenvalue weighted by Gasteiger charge is -2.31. The van der Waals surface area contributed by atoms with Crippen molar-refractivity contribution < 1.29 is 5.11 Å². The van der Waals surface area contributed by atoms with E-state index in [1.807, 2.05) is 6.07 Å². The van der Waals surface area contributed by atoms with Crippen LogP contribution in [0.25, 0.3) is 0 Å². The van der Waals surface area contributed by atoms with Gasteiger partial charge in [-0.05, 0) is 25.3 Å². The van der Waals surface area contributed by atoms with Crippen molar-refractivity contribution >= 4 is 11.8 Å². The Labute approximate surface area is 116 Å². The van der Waals surface area contributed by atoms with Crippen LogP contribution in [0.1, 0.15) is 40.0 Å². The summed E-state index contributed by atoms with van der Waals surface area (Å²) in [6.07, 6.45) is 4.89. The monoisotopic (exact) mass is 266 g/mol. The van der Waals surface area contributed by atoms with Gasteiger partial charge in [0, 0.05) is 25.3 Å². The molecule has 0 aliphatic heterocycles. The largest absolute Gasteiger partial charge is 0.395 e. The lowest BCUT2D eigenvalue weighted by atomic mass is 10.1. The van der Waals surface area contributed by atoms with Gasteiger partial charge in [-0.1, -0.05) is 20.8 Å². The maximum atomic E-state index is 9.25. The SMILES string of the molecule is CCCNc1nccc(N(CCO)C(CC)CC)n1. The van der Waals surface area contributed by atoms with Crippen LogP contribution in [0.15, 0.2) is 12.3 Å². The molecule has 5 nitrogen and oxygen atoms in total. The van der Waals surface area contributed by atoms with E-state index in [0.29, 0.717) is 18.5 Å². The number of anilines is 2. The van der Waals surface area contributed by atoms with Gasteiger partial charge in [0.05, 0.1) is 6.61 Å². The Hall–Kier alpha value is -1.36. The first-order valence-electron chi connectivity index (χ1n) is 7.21. The lowest BCUT2D eigenvalue weighted by molar-refractivity contribution is 0.295. The van der Waals surface area contributed by atoms with Crippen LogP contribution >= 0.6 is 0 Å². The molecule has 1 aromatic heterocycles. The first-order valence-corrected chi connectivity index (χ1v) is 7.21. The summed E-state index contributed by atoms with van der Waals surface area (Å²) in [5.41, 5.74) is 0. The molecule has 0 fully saturated rings. The molecule has 0 bridgehead atoms. The maximum absolute atomic E-state index is 9.25. The van der Waals surface area contributed by atoms with Crippen LogP contribution in [0, 0.1) is 0 Å². The van der Waals surface area contributed by atoms with Crippen molar-refractivity contribution in [1.29, 1.82) is 0 Å². The minimum absolute atomic E-state index is 0.137. The summed E-state index contributed by atoms with van der Waals surface area (Å²) in [7, 11) is 0. The van der Waals surface area contributed by atoms with Crippen molar-refractivity contribution in [3.05, 3.63) is 12.3 Å². The summed E-state index contributed by atoms with van der Waals surface area (Å²) in [5.74, 6) is 1.55. The average molecular weight is 266 g/mol. The Balaban J connectivity index is 2.88. The van der Waals surface area contributed by atoms with Crippen molar-refractivity contribution in [3.8, 4) is 0 Å². The van der Waals surface area contributed by atoms with Crippen LogP contribution < -0.4 is 10.2 Å². The third-order valence-corrected chi connectivity index (χ3v) is 3.19. The van der Waals surface area contributed by atoms with E-state index in [2.05, 4.69) is 41.0 Å². The number of nitrogens with one attached hydrogen (secondary N) is 1. The van der Waals surface area contributed by atoms with Crippen LogP contribution in [-0.2, 0) is 0 Å². The minimum atomic E-state index is 0.137. The van der Waals surface area contributed by atoms with Crippen LogP contribution in [-0.4, -0.2) is 40.8 Å². The van der Waals surface area contributed by atoms with Gasteiger partial charge in [-0.25, -0.2) is 4.98 Å². The number of aromatic nitrogens is 2. The van der Waals surface area contributed by atoms with Gasteiger partial charge in [-0.15, -0.1) is 0 Å². The molecule has 1 aromatic rings. The molecule has 0 spiro atoms. The number of aliphatic hydroxyl groups is 1. The van der Waals surface area contributed by atoms with Gasteiger partial charge in [-0.2, -0.15) is 4.98 Å². The Morgan fingerprint density at radius 1 is 1.32 bits per heavy atom. The first-order chi connectivity index (χ1) is 9.26. The van der Waals surface area contributed by atoms with Crippen molar-refractivity contribution in [2.24, 2.45) is 0 Å². The highest BCUT2D eigenvalue weighted by atomic mass is 16.3. The second kappa shape index (κ2) is 8.69. The van der Waals surface area contributed by atoms with Crippen molar-refractivity contribution in [1.82, 2.24) is 9.97 Å². The molecule has 0 radical (unpaired) electrons. The van der Waals surface area contributed by atoms with Crippen LogP contribution in [0.4, 0.5) is 11.8 Å². The van der Waals surface area contributed by atoms with Crippen molar-refractivity contribution in [2.45, 2.75) is 46.1 Å². The molecule has 0 aliphatic carbocycles. The van der Waals surface area contributed by atoms with Gasteiger partial charge in [0.1, 0.15) is 5.82 Å². The third kappa shape index (κ3) is 4.67. The molecule has 0 saturated heterocycles. The van der Waals surface area contributed by atoms with E-state index in [1.165, 1.54) is 0 Å². The van der Waals surface area contributed by atoms with Crippen LogP contribution in [0.2, 0.25) is 0 Å². The molecule has 0 saturated carbocycles. The molecule has 19 heavy (non-hydrogen) atoms. The molecule has 2 N–H and O–H groups in total. The van der Waals surface area contributed by atoms with Crippen molar-refractivity contribution in [3.63, 3.8) is 0 Å². The van der Waals surface area contributed by atoms with E-state index in [1.54, 1.807) is 6.20 Å². The molecule has 0 amide bonds. The number of hydrogen-bond donors (Lipinski definition) is 2. The summed E-state index contributed by atoms with van der Waals surface area (Å²) in [6.45, 7) is 8.05. The predicted octanol–water partition coefficient (Wildman–Crippen LogP) is 2.29. The fourth-order valence-corrected chi connectivity index (χ4v) is 2.15. The van der Waals surface area contributed by atoms with Crippen LogP contribution in [0.3, 0.4) is 0 Å². The fraction of sp³-hybridized carbons (Fsp3) is 0.714. The highest BCUT2D eigenvalue weighted by molar-refractivity contribution is 5.43. The lowest BCUT2D eigenvalue weighted by Crippen LogP contribution is -2.37. The van der Waals surface area contributed by atoms with Gasteiger partial charge in [-0.3, -0.25) is 0 Å². The second-order valence-electron chi connectivity index (χ2n) is 4.55. The summed E-state index contributed by atoms with van der Waals surface area (Å²) in [6, 6.07) is 2.31. The zero-order valence-corrected chi connectivity index (χ0v) is 12.3. The Kier molecular flexibility index (Phi) is 7.18. The normalized spacial score (nSPS) is 10.8. The summed E-state index contributed by atoms with van der Waals surface area (Å²) in [4.78, 5) is 10.9. The standard InChI is InChI=1S/C14H26N4O/c1-4-8-15-14-16-9-7-13(17-14)18(10-11-19)12(5-2)6-3/h7,9,12,19H,4-6,8,10-11H2,1-3H3,(H,15,16,17). The fourth-order valence-electron chi connectivity index (χ4n) is 2.15.